The summed E-state index contributed by atoms with van der Waals surface area (Å²) in [6.45, 7) is 0. The monoisotopic (exact) mass is 387 g/mol. The zero-order chi connectivity index (χ0) is 19.4. The van der Waals surface area contributed by atoms with Gasteiger partial charge in [0, 0.05) is 34.2 Å². The summed E-state index contributed by atoms with van der Waals surface area (Å²) in [5, 5.41) is 5.60. The van der Waals surface area contributed by atoms with Crippen LogP contribution in [0.4, 0.5) is 20.2 Å². The topological polar surface area (TPSA) is 71.1 Å². The van der Waals surface area contributed by atoms with Crippen molar-refractivity contribution in [2.45, 2.75) is 0 Å². The molecular formula is C19H12ClF2N3O2. The summed E-state index contributed by atoms with van der Waals surface area (Å²) < 4.78 is 26.2. The molecule has 3 aromatic rings. The number of rotatable bonds is 4. The molecule has 3 rings (SSSR count). The van der Waals surface area contributed by atoms with E-state index in [4.69, 9.17) is 11.6 Å². The summed E-state index contributed by atoms with van der Waals surface area (Å²) >= 11 is 5.80. The Morgan fingerprint density at radius 1 is 0.815 bits per heavy atom. The zero-order valence-electron chi connectivity index (χ0n) is 13.7. The molecular weight excluding hydrogens is 376 g/mol. The fourth-order valence-corrected chi connectivity index (χ4v) is 2.33. The standard InChI is InChI=1S/C19H12ClF2N3O2/c20-12-1-3-13(4-2-12)24-18(26)11-7-8-23-17(9-11)19(27)25-14-5-6-15(21)16(22)10-14/h1-10H,(H,24,26)(H,25,27). The number of nitrogens with one attached hydrogen (secondary N) is 2. The van der Waals surface area contributed by atoms with Gasteiger partial charge in [-0.15, -0.1) is 0 Å². The largest absolute Gasteiger partial charge is 0.322 e. The number of nitrogens with zero attached hydrogens (tertiary/aromatic N) is 1. The molecule has 0 bridgehead atoms. The molecule has 5 nitrogen and oxygen atoms in total. The third-order valence-electron chi connectivity index (χ3n) is 3.53. The first kappa shape index (κ1) is 18.5. The van der Waals surface area contributed by atoms with Gasteiger partial charge in [-0.05, 0) is 48.5 Å². The van der Waals surface area contributed by atoms with Crippen molar-refractivity contribution in [3.05, 3.63) is 88.7 Å². The van der Waals surface area contributed by atoms with Crippen LogP contribution < -0.4 is 10.6 Å². The minimum absolute atomic E-state index is 0.0523. The van der Waals surface area contributed by atoms with Crippen molar-refractivity contribution in [3.8, 4) is 0 Å². The van der Waals surface area contributed by atoms with Gasteiger partial charge in [0.25, 0.3) is 11.8 Å². The van der Waals surface area contributed by atoms with Gasteiger partial charge in [0.2, 0.25) is 0 Å². The first-order valence-electron chi connectivity index (χ1n) is 7.72. The van der Waals surface area contributed by atoms with Gasteiger partial charge in [0.05, 0.1) is 0 Å². The Hall–Kier alpha value is -3.32. The van der Waals surface area contributed by atoms with Gasteiger partial charge in [-0.3, -0.25) is 14.6 Å². The molecule has 2 aromatic carbocycles. The van der Waals surface area contributed by atoms with Crippen molar-refractivity contribution in [3.63, 3.8) is 0 Å². The van der Waals surface area contributed by atoms with Crippen molar-refractivity contribution >= 4 is 34.8 Å². The van der Waals surface area contributed by atoms with E-state index < -0.39 is 23.4 Å². The lowest BCUT2D eigenvalue weighted by atomic mass is 10.2. The average Bonchev–Trinajstić information content (AvgIpc) is 2.66. The number of hydrogen-bond donors (Lipinski definition) is 2. The minimum Gasteiger partial charge on any atom is -0.322 e. The van der Waals surface area contributed by atoms with Gasteiger partial charge < -0.3 is 10.6 Å². The molecule has 0 fully saturated rings. The highest BCUT2D eigenvalue weighted by Crippen LogP contribution is 2.16. The highest BCUT2D eigenvalue weighted by Gasteiger charge is 2.13. The fourth-order valence-electron chi connectivity index (χ4n) is 2.20. The summed E-state index contributed by atoms with van der Waals surface area (Å²) in [6, 6.07) is 12.2. The van der Waals surface area contributed by atoms with Crippen molar-refractivity contribution in [2.75, 3.05) is 10.6 Å². The van der Waals surface area contributed by atoms with Gasteiger partial charge in [-0.25, -0.2) is 8.78 Å². The Morgan fingerprint density at radius 2 is 1.48 bits per heavy atom. The van der Waals surface area contributed by atoms with Crippen molar-refractivity contribution in [1.29, 1.82) is 0 Å². The summed E-state index contributed by atoms with van der Waals surface area (Å²) in [5.41, 5.74) is 0.754. The second-order valence-electron chi connectivity index (χ2n) is 5.47. The summed E-state index contributed by atoms with van der Waals surface area (Å²) in [7, 11) is 0. The first-order chi connectivity index (χ1) is 12.9. The van der Waals surface area contributed by atoms with E-state index in [1.165, 1.54) is 24.4 Å². The van der Waals surface area contributed by atoms with Crippen LogP contribution in [0.2, 0.25) is 5.02 Å². The van der Waals surface area contributed by atoms with E-state index in [2.05, 4.69) is 15.6 Å². The predicted molar refractivity (Wildman–Crippen MR) is 98.0 cm³/mol. The van der Waals surface area contributed by atoms with Crippen LogP contribution >= 0.6 is 11.6 Å². The number of pyridine rings is 1. The molecule has 0 radical (unpaired) electrons. The van der Waals surface area contributed by atoms with Crippen LogP contribution in [0.5, 0.6) is 0 Å². The number of hydrogen-bond acceptors (Lipinski definition) is 3. The molecule has 136 valence electrons. The van der Waals surface area contributed by atoms with Crippen molar-refractivity contribution in [1.82, 2.24) is 4.98 Å². The van der Waals surface area contributed by atoms with Gasteiger partial charge in [-0.2, -0.15) is 0 Å². The summed E-state index contributed by atoms with van der Waals surface area (Å²) in [5.74, 6) is -3.22. The quantitative estimate of drug-likeness (QED) is 0.691. The van der Waals surface area contributed by atoms with Gasteiger partial charge in [0.15, 0.2) is 11.6 Å². The molecule has 0 aliphatic heterocycles. The maximum Gasteiger partial charge on any atom is 0.274 e. The normalized spacial score (nSPS) is 10.3. The molecule has 0 aliphatic rings. The third-order valence-corrected chi connectivity index (χ3v) is 3.79. The van der Waals surface area contributed by atoms with Crippen LogP contribution in [-0.4, -0.2) is 16.8 Å². The number of benzene rings is 2. The minimum atomic E-state index is -1.09. The van der Waals surface area contributed by atoms with Gasteiger partial charge >= 0.3 is 0 Å². The Bertz CT molecular complexity index is 1010. The van der Waals surface area contributed by atoms with Crippen LogP contribution in [0.15, 0.2) is 60.8 Å². The molecule has 27 heavy (non-hydrogen) atoms. The van der Waals surface area contributed by atoms with E-state index in [0.29, 0.717) is 10.7 Å². The second-order valence-corrected chi connectivity index (χ2v) is 5.91. The lowest BCUT2D eigenvalue weighted by molar-refractivity contribution is 0.102. The molecule has 1 heterocycles. The molecule has 2 N–H and O–H groups in total. The van der Waals surface area contributed by atoms with Gasteiger partial charge in [0.1, 0.15) is 5.69 Å². The summed E-state index contributed by atoms with van der Waals surface area (Å²) in [6.07, 6.45) is 1.30. The van der Waals surface area contributed by atoms with E-state index in [1.54, 1.807) is 24.3 Å². The maximum atomic E-state index is 13.2. The molecule has 0 aliphatic carbocycles. The van der Waals surface area contributed by atoms with E-state index in [9.17, 15) is 18.4 Å². The van der Waals surface area contributed by atoms with Gasteiger partial charge in [-0.1, -0.05) is 11.6 Å². The number of carbonyl (C=O) groups excluding carboxylic acids is 2. The van der Waals surface area contributed by atoms with E-state index in [0.717, 1.165) is 12.1 Å². The molecule has 0 unspecified atom stereocenters. The second kappa shape index (κ2) is 7.92. The van der Waals surface area contributed by atoms with Crippen LogP contribution in [0.1, 0.15) is 20.8 Å². The van der Waals surface area contributed by atoms with Crippen LogP contribution in [-0.2, 0) is 0 Å². The van der Waals surface area contributed by atoms with Crippen molar-refractivity contribution < 1.29 is 18.4 Å². The maximum absolute atomic E-state index is 13.2. The Labute approximate surface area is 158 Å². The Balaban J connectivity index is 1.73. The average molecular weight is 388 g/mol. The lowest BCUT2D eigenvalue weighted by Crippen LogP contribution is -2.17. The molecule has 8 heteroatoms. The number of aromatic nitrogens is 1. The SMILES string of the molecule is O=C(Nc1ccc(Cl)cc1)c1ccnc(C(=O)Nc2ccc(F)c(F)c2)c1. The van der Waals surface area contributed by atoms with Crippen molar-refractivity contribution in [2.24, 2.45) is 0 Å². The Morgan fingerprint density at radius 3 is 2.19 bits per heavy atom. The molecule has 2 amide bonds. The highest BCUT2D eigenvalue weighted by molar-refractivity contribution is 6.30. The smallest absolute Gasteiger partial charge is 0.274 e. The number of carbonyl (C=O) groups is 2. The Kier molecular flexibility index (Phi) is 5.42. The molecule has 0 saturated carbocycles. The van der Waals surface area contributed by atoms with E-state index in [-0.39, 0.29) is 16.9 Å². The predicted octanol–water partition coefficient (Wildman–Crippen LogP) is 4.52. The number of anilines is 2. The molecule has 0 saturated heterocycles. The van der Waals surface area contributed by atoms with E-state index >= 15 is 0 Å². The first-order valence-corrected chi connectivity index (χ1v) is 8.09. The zero-order valence-corrected chi connectivity index (χ0v) is 14.4. The highest BCUT2D eigenvalue weighted by atomic mass is 35.5. The van der Waals surface area contributed by atoms with E-state index in [1.807, 2.05) is 0 Å². The molecule has 0 atom stereocenters. The summed E-state index contributed by atoms with van der Waals surface area (Å²) in [4.78, 5) is 28.5. The lowest BCUT2D eigenvalue weighted by Gasteiger charge is -2.08. The van der Waals surface area contributed by atoms with Crippen LogP contribution in [0.3, 0.4) is 0 Å². The number of halogens is 3. The molecule has 0 spiro atoms. The molecule has 1 aromatic heterocycles. The number of amides is 2. The van der Waals surface area contributed by atoms with Crippen LogP contribution in [0.25, 0.3) is 0 Å². The fraction of sp³-hybridized carbons (Fsp3) is 0. The third kappa shape index (κ3) is 4.65. The van der Waals surface area contributed by atoms with Crippen LogP contribution in [0, 0.1) is 11.6 Å².